The molecular weight excluding hydrogens is 304 g/mol. The van der Waals surface area contributed by atoms with Gasteiger partial charge in [0.2, 0.25) is 0 Å². The van der Waals surface area contributed by atoms with E-state index in [0.29, 0.717) is 29.5 Å². The van der Waals surface area contributed by atoms with E-state index in [4.69, 9.17) is 13.9 Å². The Morgan fingerprint density at radius 2 is 2.04 bits per heavy atom. The third kappa shape index (κ3) is 4.15. The van der Waals surface area contributed by atoms with Crippen LogP contribution in [0.15, 0.2) is 27.4 Å². The molecule has 2 aromatic rings. The molecule has 1 aromatic heterocycles. The number of benzene rings is 1. The summed E-state index contributed by atoms with van der Waals surface area (Å²) in [5.74, 6) is 0.352. The van der Waals surface area contributed by atoms with Crippen molar-refractivity contribution < 1.29 is 28.5 Å². The van der Waals surface area contributed by atoms with Crippen LogP contribution in [-0.4, -0.2) is 31.6 Å². The molecule has 0 amide bonds. The number of methoxy groups -OCH3 is 1. The molecule has 0 atom stereocenters. The topological polar surface area (TPSA) is 95.2 Å². The fraction of sp³-hybridized carbons (Fsp3) is 0.375. The maximum atomic E-state index is 11.6. The Morgan fingerprint density at radius 1 is 1.26 bits per heavy atom. The maximum absolute atomic E-state index is 11.6. The first-order valence-electron chi connectivity index (χ1n) is 7.18. The Bertz CT molecular complexity index is 748. The Balaban J connectivity index is 2.19. The number of carbonyl (C=O) groups is 1. The molecule has 1 aromatic carbocycles. The lowest BCUT2D eigenvalue weighted by Gasteiger charge is -2.10. The molecule has 0 saturated carbocycles. The number of carbonyl (C=O) groups excluding carboxylic acids is 1. The van der Waals surface area contributed by atoms with Gasteiger partial charge in [-0.3, -0.25) is 0 Å². The van der Waals surface area contributed by atoms with Crippen molar-refractivity contribution >= 4 is 17.1 Å². The Kier molecular flexibility index (Phi) is 5.46. The molecule has 2 rings (SSSR count). The monoisotopic (exact) mass is 322 g/mol. The minimum Gasteiger partial charge on any atom is -0.508 e. The largest absolute Gasteiger partial charge is 0.508 e. The van der Waals surface area contributed by atoms with Gasteiger partial charge in [0.25, 0.3) is 0 Å². The first kappa shape index (κ1) is 16.7. The van der Waals surface area contributed by atoms with E-state index in [0.717, 1.165) is 0 Å². The lowest BCUT2D eigenvalue weighted by atomic mass is 10.0. The normalized spacial score (nSPS) is 10.5. The van der Waals surface area contributed by atoms with Crippen LogP contribution >= 0.6 is 0 Å². The van der Waals surface area contributed by atoms with Crippen LogP contribution in [0.1, 0.15) is 18.9 Å². The zero-order valence-corrected chi connectivity index (χ0v) is 13.0. The Hall–Kier alpha value is -2.70. The molecule has 0 aliphatic rings. The molecule has 0 saturated heterocycles. The van der Waals surface area contributed by atoms with Crippen LogP contribution in [0.3, 0.4) is 0 Å². The van der Waals surface area contributed by atoms with Gasteiger partial charge >= 0.3 is 11.8 Å². The van der Waals surface area contributed by atoms with Crippen LogP contribution in [0.4, 0.5) is 4.79 Å². The highest BCUT2D eigenvalue weighted by Gasteiger charge is 2.13. The summed E-state index contributed by atoms with van der Waals surface area (Å²) < 4.78 is 19.9. The minimum atomic E-state index is -0.715. The van der Waals surface area contributed by atoms with E-state index >= 15 is 0 Å². The van der Waals surface area contributed by atoms with Gasteiger partial charge in [-0.1, -0.05) is 0 Å². The summed E-state index contributed by atoms with van der Waals surface area (Å²) in [5, 5.41) is 10.2. The summed E-state index contributed by atoms with van der Waals surface area (Å²) >= 11 is 0. The zero-order chi connectivity index (χ0) is 16.8. The maximum Gasteiger partial charge on any atom is 0.508 e. The van der Waals surface area contributed by atoms with Crippen LogP contribution in [0.2, 0.25) is 0 Å². The van der Waals surface area contributed by atoms with E-state index in [1.54, 1.807) is 6.92 Å². The molecule has 7 heteroatoms. The summed E-state index contributed by atoms with van der Waals surface area (Å²) in [4.78, 5) is 22.7. The van der Waals surface area contributed by atoms with Gasteiger partial charge in [-0.25, -0.2) is 9.59 Å². The van der Waals surface area contributed by atoms with E-state index in [1.165, 1.54) is 25.3 Å². The van der Waals surface area contributed by atoms with Gasteiger partial charge < -0.3 is 23.7 Å². The molecular formula is C16H18O7. The van der Waals surface area contributed by atoms with Crippen molar-refractivity contribution in [1.82, 2.24) is 0 Å². The highest BCUT2D eigenvalue weighted by Crippen LogP contribution is 2.32. The second-order valence-corrected chi connectivity index (χ2v) is 4.75. The van der Waals surface area contributed by atoms with Crippen molar-refractivity contribution in [1.29, 1.82) is 0 Å². The standard InChI is InChI=1S/C16H18O7/c1-3-21-16(19)22-6-4-5-10-7-14(18)23-13-9-11(17)8-12(20-2)15(10)13/h7-9,17H,3-6H2,1-2H3. The molecule has 0 fully saturated rings. The number of phenolic OH excluding ortho intramolecular Hbond substituents is 1. The van der Waals surface area contributed by atoms with Gasteiger partial charge in [-0.2, -0.15) is 0 Å². The summed E-state index contributed by atoms with van der Waals surface area (Å²) in [6, 6.07) is 4.17. The number of ether oxygens (including phenoxy) is 3. The molecule has 0 spiro atoms. The molecule has 124 valence electrons. The van der Waals surface area contributed by atoms with Gasteiger partial charge in [-0.15, -0.1) is 0 Å². The molecule has 1 heterocycles. The van der Waals surface area contributed by atoms with E-state index < -0.39 is 11.8 Å². The Morgan fingerprint density at radius 3 is 2.74 bits per heavy atom. The third-order valence-corrected chi connectivity index (χ3v) is 3.17. The highest BCUT2D eigenvalue weighted by molar-refractivity contribution is 5.88. The molecule has 7 nitrogen and oxygen atoms in total. The number of hydrogen-bond donors (Lipinski definition) is 1. The molecule has 1 N–H and O–H groups in total. The fourth-order valence-electron chi connectivity index (χ4n) is 2.26. The van der Waals surface area contributed by atoms with Crippen molar-refractivity contribution in [2.24, 2.45) is 0 Å². The van der Waals surface area contributed by atoms with Crippen molar-refractivity contribution in [2.75, 3.05) is 20.3 Å². The van der Waals surface area contributed by atoms with E-state index in [2.05, 4.69) is 4.74 Å². The summed E-state index contributed by atoms with van der Waals surface area (Å²) in [7, 11) is 1.47. The number of aryl methyl sites for hydroxylation is 1. The van der Waals surface area contributed by atoms with Gasteiger partial charge in [0, 0.05) is 18.2 Å². The first-order chi connectivity index (χ1) is 11.0. The number of aromatic hydroxyl groups is 1. The van der Waals surface area contributed by atoms with Gasteiger partial charge in [0.1, 0.15) is 17.1 Å². The predicted molar refractivity (Wildman–Crippen MR) is 82.0 cm³/mol. The third-order valence-electron chi connectivity index (χ3n) is 3.17. The lowest BCUT2D eigenvalue weighted by molar-refractivity contribution is 0.0584. The van der Waals surface area contributed by atoms with E-state index in [9.17, 15) is 14.7 Å². The quantitative estimate of drug-likeness (QED) is 0.496. The SMILES string of the molecule is CCOC(=O)OCCCc1cc(=O)oc2cc(O)cc(OC)c12. The van der Waals surface area contributed by atoms with Crippen molar-refractivity contribution in [3.8, 4) is 11.5 Å². The first-order valence-corrected chi connectivity index (χ1v) is 7.18. The van der Waals surface area contributed by atoms with Gasteiger partial charge in [-0.05, 0) is 25.3 Å². The number of fused-ring (bicyclic) bond motifs is 1. The second-order valence-electron chi connectivity index (χ2n) is 4.75. The van der Waals surface area contributed by atoms with Crippen LogP contribution in [0.5, 0.6) is 11.5 Å². The summed E-state index contributed by atoms with van der Waals surface area (Å²) in [5.41, 5.74) is 0.419. The molecule has 0 bridgehead atoms. The lowest BCUT2D eigenvalue weighted by Crippen LogP contribution is -2.09. The molecule has 0 radical (unpaired) electrons. The van der Waals surface area contributed by atoms with E-state index in [-0.39, 0.29) is 24.5 Å². The minimum absolute atomic E-state index is 0.0553. The number of phenols is 1. The van der Waals surface area contributed by atoms with Crippen molar-refractivity contribution in [3.05, 3.63) is 34.2 Å². The molecule has 23 heavy (non-hydrogen) atoms. The van der Waals surface area contributed by atoms with Crippen LogP contribution in [0.25, 0.3) is 11.0 Å². The van der Waals surface area contributed by atoms with Crippen LogP contribution in [-0.2, 0) is 15.9 Å². The smallest absolute Gasteiger partial charge is 0.508 e. The van der Waals surface area contributed by atoms with Crippen molar-refractivity contribution in [2.45, 2.75) is 19.8 Å². The Labute approximate surface area is 132 Å². The van der Waals surface area contributed by atoms with Crippen LogP contribution in [0, 0.1) is 0 Å². The van der Waals surface area contributed by atoms with E-state index in [1.807, 2.05) is 0 Å². The molecule has 0 unspecified atom stereocenters. The average Bonchev–Trinajstić information content (AvgIpc) is 2.50. The molecule has 0 aliphatic heterocycles. The second kappa shape index (κ2) is 7.53. The number of rotatable bonds is 6. The zero-order valence-electron chi connectivity index (χ0n) is 13.0. The summed E-state index contributed by atoms with van der Waals surface area (Å²) in [6.45, 7) is 2.11. The summed E-state index contributed by atoms with van der Waals surface area (Å²) in [6.07, 6.45) is 0.261. The number of hydrogen-bond acceptors (Lipinski definition) is 7. The van der Waals surface area contributed by atoms with Crippen LogP contribution < -0.4 is 10.4 Å². The highest BCUT2D eigenvalue weighted by atomic mass is 16.7. The average molecular weight is 322 g/mol. The van der Waals surface area contributed by atoms with Crippen molar-refractivity contribution in [3.63, 3.8) is 0 Å². The van der Waals surface area contributed by atoms with Gasteiger partial charge in [0.15, 0.2) is 0 Å². The molecule has 0 aliphatic carbocycles. The predicted octanol–water partition coefficient (Wildman–Crippen LogP) is 2.61. The van der Waals surface area contributed by atoms with Gasteiger partial charge in [0.05, 0.1) is 25.7 Å². The fourth-order valence-corrected chi connectivity index (χ4v) is 2.26.